The number of rotatable bonds is 3. The largest absolute Gasteiger partial charge is 0.481 e. The molecule has 3 amide bonds. The van der Waals surface area contributed by atoms with Gasteiger partial charge in [-0.05, 0) is 91.5 Å². The molecule has 2 aromatic heterocycles. The number of hydrogen-bond acceptors (Lipinski definition) is 9. The number of aromatic nitrogens is 2. The van der Waals surface area contributed by atoms with E-state index in [4.69, 9.17) is 44.9 Å². The summed E-state index contributed by atoms with van der Waals surface area (Å²) in [6.45, 7) is 12.7. The summed E-state index contributed by atoms with van der Waals surface area (Å²) in [7, 11) is 0. The fraction of sp³-hybridized carbons (Fsp3) is 0.556. The fourth-order valence-electron chi connectivity index (χ4n) is 4.41. The third-order valence-electron chi connectivity index (χ3n) is 6.48. The number of nitrogen functional groups attached to an aromatic ring is 1. The number of likely N-dealkylation sites (tertiary alicyclic amines) is 2. The minimum atomic E-state index is -0.840. The molecular formula is C36H56Cl2N6O7. The molecule has 2 saturated heterocycles. The van der Waals surface area contributed by atoms with Gasteiger partial charge in [0.25, 0.3) is 0 Å². The average molecular weight is 757 g/mol. The topological polar surface area (TPSA) is 177 Å². The van der Waals surface area contributed by atoms with Crippen LogP contribution in [-0.2, 0) is 19.1 Å². The Hall–Kier alpha value is -4.28. The van der Waals surface area contributed by atoms with Crippen molar-refractivity contribution in [3.05, 3.63) is 49.1 Å². The van der Waals surface area contributed by atoms with Crippen LogP contribution in [0.2, 0.25) is 0 Å². The molecule has 0 aliphatic carbocycles. The van der Waals surface area contributed by atoms with Crippen molar-refractivity contribution in [1.29, 1.82) is 0 Å². The van der Waals surface area contributed by atoms with E-state index in [2.05, 4.69) is 21.7 Å². The Bertz CT molecular complexity index is 1360. The van der Waals surface area contributed by atoms with Crippen LogP contribution in [-0.4, -0.2) is 91.7 Å². The molecule has 0 radical (unpaired) electrons. The van der Waals surface area contributed by atoms with Crippen molar-refractivity contribution < 1.29 is 35.1 Å². The minimum absolute atomic E-state index is 0. The molecule has 2 aromatic rings. The number of halogens is 2. The summed E-state index contributed by atoms with van der Waals surface area (Å²) in [5.41, 5.74) is 5.61. The Kier molecular flexibility index (Phi) is 23.5. The molecule has 0 aromatic carbocycles. The number of piperidine rings is 2. The van der Waals surface area contributed by atoms with Crippen molar-refractivity contribution in [3.63, 3.8) is 0 Å². The van der Waals surface area contributed by atoms with Crippen molar-refractivity contribution in [2.45, 2.75) is 85.9 Å². The third kappa shape index (κ3) is 22.9. The molecule has 2 aliphatic heterocycles. The zero-order valence-corrected chi connectivity index (χ0v) is 31.2. The number of anilines is 2. The van der Waals surface area contributed by atoms with E-state index in [9.17, 15) is 19.2 Å². The SMILES string of the molecule is C.CC(C)(C)OC(=O)N1CCCC(C(=O)Nc2cccnc2)C1.CC(C)(C)OC(=O)N1CCCC(C(=O)O)C1.ClCCl.Nc1cccnc1.[2H]C#C. The number of ether oxygens (including phenoxy) is 2. The summed E-state index contributed by atoms with van der Waals surface area (Å²) in [4.78, 5) is 57.7. The standard InChI is InChI=1S/C16H23N3O3.C11H19NO4.C5H6N2.C2H2.CH2Cl2.CH4/c1-16(2,3)22-15(21)19-9-5-6-12(11-19)14(20)18-13-7-4-8-17-10-13;1-11(2,3)16-10(15)12-6-4-5-8(7-12)9(13)14;6-5-2-1-3-7-4-5;1-2;2-1-3;/h4,7-8,10,12H,5-6,9,11H2,1-3H3,(H,18,20);8H,4-7H2,1-3H3,(H,13,14);1-4H,6H2;1-2H;1H2;1H4/i;;;1D;;. The number of pyridine rings is 2. The maximum Gasteiger partial charge on any atom is 0.410 e. The molecule has 4 N–H and O–H groups in total. The van der Waals surface area contributed by atoms with Crippen molar-refractivity contribution in [2.75, 3.05) is 42.6 Å². The van der Waals surface area contributed by atoms with Crippen LogP contribution in [0.4, 0.5) is 21.0 Å². The number of alkyl halides is 2. The van der Waals surface area contributed by atoms with Gasteiger partial charge in [-0.3, -0.25) is 19.6 Å². The summed E-state index contributed by atoms with van der Waals surface area (Å²) in [5, 5.41) is 11.9. The number of nitrogens with two attached hydrogens (primary N) is 1. The van der Waals surface area contributed by atoms with E-state index in [1.165, 1.54) is 11.3 Å². The Morgan fingerprint density at radius 1 is 0.922 bits per heavy atom. The maximum absolute atomic E-state index is 12.3. The Morgan fingerprint density at radius 3 is 1.71 bits per heavy atom. The number of aliphatic carboxylic acids is 1. The van der Waals surface area contributed by atoms with Gasteiger partial charge in [-0.1, -0.05) is 7.43 Å². The number of carboxylic acid groups (broad SMARTS) is 1. The Morgan fingerprint density at radius 2 is 1.35 bits per heavy atom. The molecule has 4 heterocycles. The van der Waals surface area contributed by atoms with Gasteiger partial charge in [0, 0.05) is 44.8 Å². The molecule has 2 aliphatic rings. The lowest BCUT2D eigenvalue weighted by Gasteiger charge is -2.33. The highest BCUT2D eigenvalue weighted by Gasteiger charge is 2.32. The van der Waals surface area contributed by atoms with Crippen molar-refractivity contribution in [3.8, 4) is 12.8 Å². The molecule has 2 unspecified atom stereocenters. The van der Waals surface area contributed by atoms with Crippen LogP contribution in [0.3, 0.4) is 0 Å². The number of hydrogen-bond donors (Lipinski definition) is 3. The first-order valence-corrected chi connectivity index (χ1v) is 17.0. The van der Waals surface area contributed by atoms with Crippen LogP contribution < -0.4 is 11.1 Å². The molecule has 0 spiro atoms. The monoisotopic (exact) mass is 755 g/mol. The number of nitrogens with zero attached hydrogens (tertiary/aromatic N) is 4. The summed E-state index contributed by atoms with van der Waals surface area (Å²) in [5.74, 6) is -1.60. The van der Waals surface area contributed by atoms with E-state index in [0.717, 1.165) is 19.3 Å². The van der Waals surface area contributed by atoms with Crippen LogP contribution in [0, 0.1) is 24.7 Å². The van der Waals surface area contributed by atoms with E-state index in [0.29, 0.717) is 37.4 Å². The van der Waals surface area contributed by atoms with Crippen molar-refractivity contribution in [2.24, 2.45) is 11.8 Å². The quantitative estimate of drug-likeness (QED) is 0.212. The van der Waals surface area contributed by atoms with Gasteiger partial charge < -0.3 is 35.4 Å². The number of nitrogens with one attached hydrogen (secondary N) is 1. The molecule has 13 nitrogen and oxygen atoms in total. The van der Waals surface area contributed by atoms with Crippen LogP contribution in [0.5, 0.6) is 0 Å². The lowest BCUT2D eigenvalue weighted by Crippen LogP contribution is -2.45. The zero-order valence-electron chi connectivity index (χ0n) is 30.7. The number of terminal acetylenes is 1. The molecule has 15 heteroatoms. The molecule has 0 bridgehead atoms. The zero-order chi connectivity index (χ0) is 39.0. The fourth-order valence-corrected chi connectivity index (χ4v) is 4.41. The van der Waals surface area contributed by atoms with Gasteiger partial charge in [0.05, 0.1) is 34.7 Å². The summed E-state index contributed by atoms with van der Waals surface area (Å²) in [6, 6.07) is 7.16. The number of carbonyl (C=O) groups is 4. The van der Waals surface area contributed by atoms with Crippen LogP contribution in [0.15, 0.2) is 49.1 Å². The van der Waals surface area contributed by atoms with Gasteiger partial charge in [-0.15, -0.1) is 36.0 Å². The molecule has 51 heavy (non-hydrogen) atoms. The first-order valence-electron chi connectivity index (χ1n) is 16.4. The first-order chi connectivity index (χ1) is 23.9. The van der Waals surface area contributed by atoms with Gasteiger partial charge in [0.2, 0.25) is 5.91 Å². The second-order valence-corrected chi connectivity index (χ2v) is 13.8. The summed E-state index contributed by atoms with van der Waals surface area (Å²) in [6.07, 6.45) is 14.5. The smallest absolute Gasteiger partial charge is 0.410 e. The Balaban J connectivity index is 0. The lowest BCUT2D eigenvalue weighted by atomic mass is 9.97. The van der Waals surface area contributed by atoms with E-state index in [1.807, 2.05) is 20.8 Å². The predicted octanol–water partition coefficient (Wildman–Crippen LogP) is 7.36. The predicted molar refractivity (Wildman–Crippen MR) is 203 cm³/mol. The van der Waals surface area contributed by atoms with Crippen LogP contribution in [0.25, 0.3) is 0 Å². The second kappa shape index (κ2) is 25.6. The molecule has 2 atom stereocenters. The van der Waals surface area contributed by atoms with Gasteiger partial charge in [0.15, 0.2) is 0 Å². The molecule has 286 valence electrons. The van der Waals surface area contributed by atoms with E-state index >= 15 is 0 Å². The third-order valence-corrected chi connectivity index (χ3v) is 6.48. The van der Waals surface area contributed by atoms with Crippen molar-refractivity contribution in [1.82, 2.24) is 19.8 Å². The van der Waals surface area contributed by atoms with E-state index in [1.54, 1.807) is 74.7 Å². The van der Waals surface area contributed by atoms with Crippen molar-refractivity contribution >= 4 is 58.6 Å². The van der Waals surface area contributed by atoms with E-state index in [-0.39, 0.29) is 37.2 Å². The number of carbonyl (C=O) groups excluding carboxylic acids is 3. The Labute approximate surface area is 315 Å². The van der Waals surface area contributed by atoms with E-state index < -0.39 is 29.2 Å². The van der Waals surface area contributed by atoms with Crippen LogP contribution >= 0.6 is 23.2 Å². The first kappa shape index (κ1) is 46.7. The van der Waals surface area contributed by atoms with Gasteiger partial charge in [-0.2, -0.15) is 0 Å². The van der Waals surface area contributed by atoms with Crippen LogP contribution in [0.1, 0.15) is 76.0 Å². The average Bonchev–Trinajstić information content (AvgIpc) is 3.05. The molecule has 4 rings (SSSR count). The summed E-state index contributed by atoms with van der Waals surface area (Å²) < 4.78 is 16.3. The normalized spacial score (nSPS) is 16.6. The second-order valence-electron chi connectivity index (χ2n) is 13.0. The van der Waals surface area contributed by atoms with Gasteiger partial charge in [-0.25, -0.2) is 9.59 Å². The minimum Gasteiger partial charge on any atom is -0.481 e. The lowest BCUT2D eigenvalue weighted by molar-refractivity contribution is -0.143. The number of carboxylic acids is 1. The summed E-state index contributed by atoms with van der Waals surface area (Å²) >= 11 is 9.53. The molecule has 2 fully saturated rings. The molecule has 0 saturated carbocycles. The maximum atomic E-state index is 12.3. The van der Waals surface area contributed by atoms with Gasteiger partial charge in [0.1, 0.15) is 12.6 Å². The highest BCUT2D eigenvalue weighted by molar-refractivity contribution is 6.40. The molecular weight excluding hydrogens is 699 g/mol. The highest BCUT2D eigenvalue weighted by Crippen LogP contribution is 2.21. The van der Waals surface area contributed by atoms with Gasteiger partial charge >= 0.3 is 18.2 Å². The highest BCUT2D eigenvalue weighted by atomic mass is 35.5. The number of amides is 3.